The number of hydrogen-bond acceptors (Lipinski definition) is 3. The Bertz CT molecular complexity index is 723. The van der Waals surface area contributed by atoms with Crippen LogP contribution in [0, 0.1) is 5.92 Å². The molecule has 0 fully saturated rings. The predicted octanol–water partition coefficient (Wildman–Crippen LogP) is 5.35. The number of carbonyl (C=O) groups excluding carboxylic acids is 1. The lowest BCUT2D eigenvalue weighted by molar-refractivity contribution is -0.0187. The third-order valence-electron chi connectivity index (χ3n) is 4.57. The molecule has 1 heterocycles. The maximum atomic E-state index is 14.7. The number of hydrogen-bond donors (Lipinski definition) is 0. The molecule has 0 saturated heterocycles. The first-order valence-corrected chi connectivity index (χ1v) is 9.73. The Hall–Kier alpha value is -1.95. The van der Waals surface area contributed by atoms with E-state index in [-0.39, 0.29) is 17.9 Å². The Morgan fingerprint density at radius 2 is 1.96 bits per heavy atom. The molecule has 0 aromatic heterocycles. The zero-order valence-electron chi connectivity index (χ0n) is 17.8. The van der Waals surface area contributed by atoms with Crippen molar-refractivity contribution in [3.63, 3.8) is 0 Å². The molecule has 1 aliphatic heterocycles. The van der Waals surface area contributed by atoms with Gasteiger partial charge in [-0.25, -0.2) is 13.6 Å². The predicted molar refractivity (Wildman–Crippen MR) is 108 cm³/mol. The molecule has 0 bridgehead atoms. The van der Waals surface area contributed by atoms with Crippen molar-refractivity contribution in [1.82, 2.24) is 9.80 Å². The van der Waals surface area contributed by atoms with Gasteiger partial charge in [0.05, 0.1) is 5.70 Å². The maximum absolute atomic E-state index is 14.7. The first kappa shape index (κ1) is 22.3. The summed E-state index contributed by atoms with van der Waals surface area (Å²) in [7, 11) is 3.55. The largest absolute Gasteiger partial charge is 0.443 e. The van der Waals surface area contributed by atoms with Gasteiger partial charge in [-0.2, -0.15) is 0 Å². The number of carbonyl (C=O) groups is 1. The normalized spacial score (nSPS) is 18.2. The van der Waals surface area contributed by atoms with Crippen LogP contribution in [-0.2, 0) is 10.7 Å². The molecule has 1 atom stereocenters. The summed E-state index contributed by atoms with van der Waals surface area (Å²) in [6.45, 7) is 8.29. The fourth-order valence-corrected chi connectivity index (χ4v) is 3.09. The smallest absolute Gasteiger partial charge is 0.414 e. The SMILES string of the molecule is C[C@H]1CC=C(c2cccc(C(F)(F)CCN(C)C)c2)N(C(=O)OC(C)(C)C)C1. The van der Waals surface area contributed by atoms with Gasteiger partial charge in [0.1, 0.15) is 5.60 Å². The number of benzene rings is 1. The Morgan fingerprint density at radius 1 is 1.29 bits per heavy atom. The molecule has 156 valence electrons. The molecule has 2 rings (SSSR count). The van der Waals surface area contributed by atoms with Crippen LogP contribution in [0.5, 0.6) is 0 Å². The van der Waals surface area contributed by atoms with Gasteiger partial charge in [0.2, 0.25) is 0 Å². The highest BCUT2D eigenvalue weighted by atomic mass is 19.3. The second kappa shape index (κ2) is 8.60. The summed E-state index contributed by atoms with van der Waals surface area (Å²) >= 11 is 0. The van der Waals surface area contributed by atoms with Crippen LogP contribution in [0.2, 0.25) is 0 Å². The quantitative estimate of drug-likeness (QED) is 0.675. The topological polar surface area (TPSA) is 32.8 Å². The average Bonchev–Trinajstić information content (AvgIpc) is 2.58. The number of ether oxygens (including phenoxy) is 1. The second-order valence-electron chi connectivity index (χ2n) is 8.86. The average molecular weight is 395 g/mol. The van der Waals surface area contributed by atoms with E-state index in [0.29, 0.717) is 24.4 Å². The highest BCUT2D eigenvalue weighted by molar-refractivity contribution is 5.83. The van der Waals surface area contributed by atoms with Crippen LogP contribution in [0.25, 0.3) is 5.70 Å². The molecule has 6 heteroatoms. The van der Waals surface area contributed by atoms with Gasteiger partial charge >= 0.3 is 6.09 Å². The molecule has 28 heavy (non-hydrogen) atoms. The van der Waals surface area contributed by atoms with Gasteiger partial charge in [0, 0.05) is 25.1 Å². The van der Waals surface area contributed by atoms with E-state index in [1.54, 1.807) is 36.0 Å². The number of rotatable bonds is 5. The van der Waals surface area contributed by atoms with Gasteiger partial charge < -0.3 is 9.64 Å². The molecular formula is C22H32F2N2O2. The second-order valence-corrected chi connectivity index (χ2v) is 8.86. The monoisotopic (exact) mass is 394 g/mol. The number of amides is 1. The molecule has 1 aliphatic rings. The van der Waals surface area contributed by atoms with Crippen molar-refractivity contribution < 1.29 is 18.3 Å². The minimum Gasteiger partial charge on any atom is -0.443 e. The maximum Gasteiger partial charge on any atom is 0.414 e. The van der Waals surface area contributed by atoms with Crippen molar-refractivity contribution in [2.45, 2.75) is 52.1 Å². The first-order chi connectivity index (χ1) is 12.9. The number of alkyl halides is 2. The Morgan fingerprint density at radius 3 is 2.57 bits per heavy atom. The van der Waals surface area contributed by atoms with Crippen LogP contribution >= 0.6 is 0 Å². The van der Waals surface area contributed by atoms with Crippen molar-refractivity contribution in [2.75, 3.05) is 27.2 Å². The molecule has 0 radical (unpaired) electrons. The summed E-state index contributed by atoms with van der Waals surface area (Å²) in [6, 6.07) is 6.34. The Balaban J connectivity index is 2.32. The highest BCUT2D eigenvalue weighted by Gasteiger charge is 2.33. The summed E-state index contributed by atoms with van der Waals surface area (Å²) in [5.41, 5.74) is 0.595. The molecule has 0 spiro atoms. The molecular weight excluding hydrogens is 362 g/mol. The lowest BCUT2D eigenvalue weighted by atomic mass is 9.96. The molecule has 0 aliphatic carbocycles. The summed E-state index contributed by atoms with van der Waals surface area (Å²) in [4.78, 5) is 16.0. The Kier molecular flexibility index (Phi) is 6.86. The van der Waals surface area contributed by atoms with E-state index in [9.17, 15) is 13.6 Å². The van der Waals surface area contributed by atoms with Gasteiger partial charge in [-0.3, -0.25) is 4.90 Å². The summed E-state index contributed by atoms with van der Waals surface area (Å²) in [5.74, 6) is -2.65. The fraction of sp³-hybridized carbons (Fsp3) is 0.591. The van der Waals surface area contributed by atoms with Crippen LogP contribution in [0.3, 0.4) is 0 Å². The van der Waals surface area contributed by atoms with E-state index in [2.05, 4.69) is 6.92 Å². The van der Waals surface area contributed by atoms with Crippen molar-refractivity contribution in [2.24, 2.45) is 5.92 Å². The highest BCUT2D eigenvalue weighted by Crippen LogP contribution is 2.35. The van der Waals surface area contributed by atoms with E-state index in [0.717, 1.165) is 6.42 Å². The van der Waals surface area contributed by atoms with E-state index in [4.69, 9.17) is 4.74 Å². The summed E-state index contributed by atoms with van der Waals surface area (Å²) in [5, 5.41) is 0. The van der Waals surface area contributed by atoms with Gasteiger partial charge in [-0.1, -0.05) is 31.2 Å². The standard InChI is InChI=1S/C22H32F2N2O2/c1-16-10-11-19(26(15-16)20(27)28-21(2,3)4)17-8-7-9-18(14-17)22(23,24)12-13-25(5)6/h7-9,11,14,16H,10,12-13,15H2,1-6H3/t16-/m0/s1. The molecule has 0 unspecified atom stereocenters. The summed E-state index contributed by atoms with van der Waals surface area (Å²) in [6.07, 6.45) is 2.02. The molecule has 1 aromatic rings. The molecule has 1 aromatic carbocycles. The number of nitrogens with zero attached hydrogens (tertiary/aromatic N) is 2. The van der Waals surface area contributed by atoms with Crippen molar-refractivity contribution in [3.05, 3.63) is 41.5 Å². The van der Waals surface area contributed by atoms with Crippen LogP contribution in [0.1, 0.15) is 51.7 Å². The summed E-state index contributed by atoms with van der Waals surface area (Å²) < 4.78 is 34.8. The minimum atomic E-state index is -2.93. The molecule has 1 amide bonds. The third-order valence-corrected chi connectivity index (χ3v) is 4.57. The lowest BCUT2D eigenvalue weighted by Gasteiger charge is -2.34. The van der Waals surface area contributed by atoms with Crippen LogP contribution in [0.4, 0.5) is 13.6 Å². The molecule has 0 N–H and O–H groups in total. The Labute approximate surface area is 167 Å². The van der Waals surface area contributed by atoms with E-state index >= 15 is 0 Å². The van der Waals surface area contributed by atoms with E-state index in [1.165, 1.54) is 12.1 Å². The van der Waals surface area contributed by atoms with Gasteiger partial charge in [-0.15, -0.1) is 0 Å². The number of allylic oxidation sites excluding steroid dienone is 1. The van der Waals surface area contributed by atoms with Crippen molar-refractivity contribution in [3.8, 4) is 0 Å². The third kappa shape index (κ3) is 6.03. The molecule has 0 saturated carbocycles. The van der Waals surface area contributed by atoms with Gasteiger partial charge in [0.25, 0.3) is 5.92 Å². The van der Waals surface area contributed by atoms with Crippen molar-refractivity contribution >= 4 is 11.8 Å². The number of halogens is 2. The lowest BCUT2D eigenvalue weighted by Crippen LogP contribution is -2.39. The van der Waals surface area contributed by atoms with E-state index < -0.39 is 17.6 Å². The van der Waals surface area contributed by atoms with Crippen LogP contribution in [0.15, 0.2) is 30.3 Å². The molecule has 4 nitrogen and oxygen atoms in total. The first-order valence-electron chi connectivity index (χ1n) is 9.73. The van der Waals surface area contributed by atoms with Crippen LogP contribution < -0.4 is 0 Å². The minimum absolute atomic E-state index is 0.0319. The zero-order chi connectivity index (χ0) is 21.1. The van der Waals surface area contributed by atoms with Crippen molar-refractivity contribution in [1.29, 1.82) is 0 Å². The van der Waals surface area contributed by atoms with E-state index in [1.807, 2.05) is 26.8 Å². The van der Waals surface area contributed by atoms with Crippen LogP contribution in [-0.4, -0.2) is 48.7 Å². The van der Waals surface area contributed by atoms with Gasteiger partial charge in [0.15, 0.2) is 0 Å². The zero-order valence-corrected chi connectivity index (χ0v) is 17.8. The van der Waals surface area contributed by atoms with Gasteiger partial charge in [-0.05, 0) is 58.8 Å². The fourth-order valence-electron chi connectivity index (χ4n) is 3.09.